The average Bonchev–Trinajstić information content (AvgIpc) is 2.97. The fraction of sp³-hybridized carbons (Fsp3) is 0.688. The Balaban J connectivity index is 2.63. The van der Waals surface area contributed by atoms with Crippen LogP contribution in [0.1, 0.15) is 39.5 Å². The molecule has 1 rings (SSSR count). The van der Waals surface area contributed by atoms with E-state index in [2.05, 4.69) is 48.2 Å². The highest BCUT2D eigenvalue weighted by Crippen LogP contribution is 2.20. The van der Waals surface area contributed by atoms with Crippen LogP contribution in [0, 0.1) is 0 Å². The van der Waals surface area contributed by atoms with Crippen LogP contribution in [0.5, 0.6) is 0 Å². The highest BCUT2D eigenvalue weighted by Gasteiger charge is 2.13. The van der Waals surface area contributed by atoms with E-state index in [4.69, 9.17) is 5.14 Å². The van der Waals surface area contributed by atoms with E-state index in [0.29, 0.717) is 18.6 Å². The molecule has 0 bridgehead atoms. The molecule has 1 heterocycles. The fourth-order valence-corrected chi connectivity index (χ4v) is 4.21. The van der Waals surface area contributed by atoms with E-state index in [9.17, 15) is 8.42 Å². The van der Waals surface area contributed by atoms with Gasteiger partial charge >= 0.3 is 0 Å². The summed E-state index contributed by atoms with van der Waals surface area (Å²) in [6.45, 7) is 13.7. The van der Waals surface area contributed by atoms with Crippen LogP contribution in [0.3, 0.4) is 0 Å². The van der Waals surface area contributed by atoms with Gasteiger partial charge in [0.25, 0.3) is 0 Å². The Morgan fingerprint density at radius 2 is 1.88 bits per heavy atom. The lowest BCUT2D eigenvalue weighted by atomic mass is 10.2. The van der Waals surface area contributed by atoms with E-state index in [-0.39, 0.29) is 4.21 Å². The second-order valence-corrected chi connectivity index (χ2v) is 9.27. The molecule has 0 saturated carbocycles. The first kappa shape index (κ1) is 21.9. The number of hydrogen-bond acceptors (Lipinski definition) is 5. The summed E-state index contributed by atoms with van der Waals surface area (Å²) >= 11 is 1.15. The Morgan fingerprint density at radius 1 is 1.24 bits per heavy atom. The number of rotatable bonds is 9. The molecule has 0 aliphatic heterocycles. The quantitative estimate of drug-likeness (QED) is 0.440. The largest absolute Gasteiger partial charge is 0.357 e. The maximum atomic E-state index is 11.3. The summed E-state index contributed by atoms with van der Waals surface area (Å²) in [6, 6.07) is 4.25. The molecule has 0 unspecified atom stereocenters. The van der Waals surface area contributed by atoms with Gasteiger partial charge in [-0.05, 0) is 46.8 Å². The van der Waals surface area contributed by atoms with Gasteiger partial charge < -0.3 is 10.6 Å². The molecule has 0 aliphatic carbocycles. The zero-order chi connectivity index (χ0) is 19.0. The normalized spacial score (nSPS) is 13.1. The van der Waals surface area contributed by atoms with Gasteiger partial charge in [0.05, 0.1) is 6.54 Å². The minimum absolute atomic E-state index is 0.167. The zero-order valence-corrected chi connectivity index (χ0v) is 17.4. The molecule has 25 heavy (non-hydrogen) atoms. The van der Waals surface area contributed by atoms with Crippen LogP contribution in [0.15, 0.2) is 21.3 Å². The standard InChI is InChI=1S/C16H31N5O2S2/c1-6-18-16(19-9-10-21(12(2)3)13(4)5)20-11-14-7-8-15(24-14)25(17,22)23/h7-8,12-13H,6,9-11H2,1-5H3,(H2,17,22,23)(H2,18,19,20). The van der Waals surface area contributed by atoms with Crippen LogP contribution in [0.25, 0.3) is 0 Å². The maximum Gasteiger partial charge on any atom is 0.247 e. The van der Waals surface area contributed by atoms with Gasteiger partial charge in [-0.25, -0.2) is 18.5 Å². The second kappa shape index (κ2) is 10.1. The summed E-state index contributed by atoms with van der Waals surface area (Å²) in [7, 11) is -3.64. The average molecular weight is 390 g/mol. The molecule has 0 aliphatic rings. The number of nitrogens with two attached hydrogens (primary N) is 1. The number of nitrogens with zero attached hydrogens (tertiary/aromatic N) is 2. The molecule has 0 radical (unpaired) electrons. The molecule has 0 aromatic carbocycles. The van der Waals surface area contributed by atoms with E-state index in [1.165, 1.54) is 6.07 Å². The molecule has 0 atom stereocenters. The summed E-state index contributed by atoms with van der Waals surface area (Å²) in [4.78, 5) is 7.78. The molecule has 0 saturated heterocycles. The third-order valence-corrected chi connectivity index (χ3v) is 6.15. The molecule has 1 aromatic rings. The van der Waals surface area contributed by atoms with Crippen LogP contribution in [-0.4, -0.2) is 51.0 Å². The number of primary sulfonamides is 1. The summed E-state index contributed by atoms with van der Waals surface area (Å²) in [5, 5.41) is 11.7. The highest BCUT2D eigenvalue weighted by molar-refractivity contribution is 7.91. The van der Waals surface area contributed by atoms with Crippen molar-refractivity contribution in [3.05, 3.63) is 17.0 Å². The van der Waals surface area contributed by atoms with Crippen molar-refractivity contribution in [1.82, 2.24) is 15.5 Å². The van der Waals surface area contributed by atoms with Crippen molar-refractivity contribution in [3.63, 3.8) is 0 Å². The van der Waals surface area contributed by atoms with E-state index < -0.39 is 10.0 Å². The van der Waals surface area contributed by atoms with Crippen molar-refractivity contribution in [3.8, 4) is 0 Å². The Labute approximate surface area is 155 Å². The van der Waals surface area contributed by atoms with Gasteiger partial charge in [-0.2, -0.15) is 0 Å². The Morgan fingerprint density at radius 3 is 2.36 bits per heavy atom. The minimum Gasteiger partial charge on any atom is -0.357 e. The monoisotopic (exact) mass is 389 g/mol. The van der Waals surface area contributed by atoms with Crippen LogP contribution >= 0.6 is 11.3 Å². The van der Waals surface area contributed by atoms with Crippen molar-refractivity contribution in [2.24, 2.45) is 10.1 Å². The lowest BCUT2D eigenvalue weighted by molar-refractivity contribution is 0.178. The van der Waals surface area contributed by atoms with Crippen molar-refractivity contribution in [2.75, 3.05) is 19.6 Å². The van der Waals surface area contributed by atoms with Gasteiger partial charge in [-0.3, -0.25) is 4.90 Å². The van der Waals surface area contributed by atoms with Crippen molar-refractivity contribution in [2.45, 2.75) is 57.5 Å². The lowest BCUT2D eigenvalue weighted by Crippen LogP contribution is -2.45. The molecule has 144 valence electrons. The van der Waals surface area contributed by atoms with Crippen molar-refractivity contribution in [1.29, 1.82) is 0 Å². The Bertz CT molecular complexity index is 645. The van der Waals surface area contributed by atoms with E-state index in [1.54, 1.807) is 6.07 Å². The van der Waals surface area contributed by atoms with Crippen LogP contribution < -0.4 is 15.8 Å². The first-order valence-corrected chi connectivity index (χ1v) is 10.9. The Hall–Kier alpha value is -1.16. The summed E-state index contributed by atoms with van der Waals surface area (Å²) in [5.74, 6) is 0.723. The molecule has 4 N–H and O–H groups in total. The third kappa shape index (κ3) is 7.72. The van der Waals surface area contributed by atoms with Crippen LogP contribution in [-0.2, 0) is 16.6 Å². The maximum absolute atomic E-state index is 11.3. The fourth-order valence-electron chi connectivity index (χ4n) is 2.51. The minimum atomic E-state index is -3.64. The smallest absolute Gasteiger partial charge is 0.247 e. The van der Waals surface area contributed by atoms with E-state index >= 15 is 0 Å². The molecule has 1 aromatic heterocycles. The molecular formula is C16H31N5O2S2. The molecule has 0 fully saturated rings. The Kier molecular flexibility index (Phi) is 8.84. The number of hydrogen-bond donors (Lipinski definition) is 3. The number of guanidine groups is 1. The number of aliphatic imine (C=N–C) groups is 1. The van der Waals surface area contributed by atoms with Crippen LogP contribution in [0.2, 0.25) is 0 Å². The van der Waals surface area contributed by atoms with Gasteiger partial charge in [0.2, 0.25) is 10.0 Å². The van der Waals surface area contributed by atoms with Crippen molar-refractivity contribution >= 4 is 27.3 Å². The molecule has 7 nitrogen and oxygen atoms in total. The van der Waals surface area contributed by atoms with Crippen molar-refractivity contribution < 1.29 is 8.42 Å². The van der Waals surface area contributed by atoms with E-state index in [0.717, 1.165) is 41.8 Å². The second-order valence-electron chi connectivity index (χ2n) is 6.31. The third-order valence-electron chi connectivity index (χ3n) is 3.64. The first-order valence-electron chi connectivity index (χ1n) is 8.54. The van der Waals surface area contributed by atoms with E-state index in [1.807, 2.05) is 6.92 Å². The predicted octanol–water partition coefficient (Wildman–Crippen LogP) is 1.57. The zero-order valence-electron chi connectivity index (χ0n) is 15.7. The van der Waals surface area contributed by atoms with Gasteiger partial charge in [0, 0.05) is 36.6 Å². The number of sulfonamides is 1. The van der Waals surface area contributed by atoms with Gasteiger partial charge in [-0.1, -0.05) is 0 Å². The molecular weight excluding hydrogens is 358 g/mol. The van der Waals surface area contributed by atoms with Gasteiger partial charge in [0.15, 0.2) is 5.96 Å². The first-order chi connectivity index (χ1) is 11.6. The summed E-state index contributed by atoms with van der Waals surface area (Å²) in [5.41, 5.74) is 0. The highest BCUT2D eigenvalue weighted by atomic mass is 32.2. The van der Waals surface area contributed by atoms with Crippen LogP contribution in [0.4, 0.5) is 0 Å². The van der Waals surface area contributed by atoms with Gasteiger partial charge in [-0.15, -0.1) is 11.3 Å². The SMILES string of the molecule is CCNC(=NCc1ccc(S(N)(=O)=O)s1)NCCN(C(C)C)C(C)C. The molecule has 9 heteroatoms. The number of thiophene rings is 1. The predicted molar refractivity (Wildman–Crippen MR) is 105 cm³/mol. The number of nitrogens with one attached hydrogen (secondary N) is 2. The lowest BCUT2D eigenvalue weighted by Gasteiger charge is -2.30. The molecule has 0 spiro atoms. The van der Waals surface area contributed by atoms with Gasteiger partial charge in [0.1, 0.15) is 4.21 Å². The molecule has 0 amide bonds. The summed E-state index contributed by atoms with van der Waals surface area (Å²) in [6.07, 6.45) is 0. The summed E-state index contributed by atoms with van der Waals surface area (Å²) < 4.78 is 22.8. The topological polar surface area (TPSA) is 99.8 Å².